The number of nitrogens with one attached hydrogen (secondary N) is 1. The summed E-state index contributed by atoms with van der Waals surface area (Å²) in [7, 11) is 0. The van der Waals surface area contributed by atoms with E-state index in [1.54, 1.807) is 0 Å². The maximum absolute atomic E-state index is 3.68. The molecule has 0 aromatic heterocycles. The molecule has 1 nitrogen and oxygen atoms in total. The minimum absolute atomic E-state index is 0.290. The molecule has 1 fully saturated rings. The first kappa shape index (κ1) is 10.2. The highest BCUT2D eigenvalue weighted by atomic mass is 32.2. The highest BCUT2D eigenvalue weighted by Crippen LogP contribution is 2.41. The Labute approximate surface area is 91.0 Å². The van der Waals surface area contributed by atoms with Gasteiger partial charge in [0.05, 0.1) is 4.87 Å². The normalized spacial score (nSPS) is 35.0. The Balaban J connectivity index is 1.99. The fourth-order valence-electron chi connectivity index (χ4n) is 2.26. The van der Waals surface area contributed by atoms with Crippen LogP contribution in [0.15, 0.2) is 23.9 Å². The maximum Gasteiger partial charge on any atom is 0.0808 e. The van der Waals surface area contributed by atoms with Gasteiger partial charge in [0.25, 0.3) is 0 Å². The van der Waals surface area contributed by atoms with Crippen LogP contribution in [0.4, 0.5) is 0 Å². The Morgan fingerprint density at radius 3 is 3.21 bits per heavy atom. The van der Waals surface area contributed by atoms with Gasteiger partial charge in [-0.1, -0.05) is 19.1 Å². The van der Waals surface area contributed by atoms with Crippen molar-refractivity contribution in [3.8, 4) is 0 Å². The molecule has 0 radical (unpaired) electrons. The van der Waals surface area contributed by atoms with Gasteiger partial charge in [0.2, 0.25) is 0 Å². The van der Waals surface area contributed by atoms with E-state index in [0.29, 0.717) is 4.87 Å². The van der Waals surface area contributed by atoms with E-state index in [-0.39, 0.29) is 0 Å². The molecule has 1 aliphatic heterocycles. The van der Waals surface area contributed by atoms with Gasteiger partial charge in [-0.2, -0.15) is 0 Å². The summed E-state index contributed by atoms with van der Waals surface area (Å²) < 4.78 is 0. The van der Waals surface area contributed by atoms with Crippen molar-refractivity contribution in [2.45, 2.75) is 38.0 Å². The number of hydrogen-bond donors (Lipinski definition) is 1. The maximum atomic E-state index is 3.68. The van der Waals surface area contributed by atoms with Crippen LogP contribution < -0.4 is 5.32 Å². The lowest BCUT2D eigenvalue weighted by molar-refractivity contribution is 0.557. The molecule has 0 spiro atoms. The van der Waals surface area contributed by atoms with Gasteiger partial charge < -0.3 is 5.32 Å². The molecule has 0 aromatic carbocycles. The van der Waals surface area contributed by atoms with Gasteiger partial charge in [-0.25, -0.2) is 0 Å². The summed E-state index contributed by atoms with van der Waals surface area (Å²) in [6.07, 6.45) is 10.5. The van der Waals surface area contributed by atoms with Crippen LogP contribution in [0, 0.1) is 5.92 Å². The summed E-state index contributed by atoms with van der Waals surface area (Å²) in [6, 6.07) is 0. The smallest absolute Gasteiger partial charge is 0.0808 e. The summed E-state index contributed by atoms with van der Waals surface area (Å²) in [5.74, 6) is 2.02. The van der Waals surface area contributed by atoms with Crippen molar-refractivity contribution in [3.05, 3.63) is 23.9 Å². The lowest BCUT2D eigenvalue weighted by Crippen LogP contribution is -2.31. The molecule has 2 atom stereocenters. The molecule has 2 heteroatoms. The van der Waals surface area contributed by atoms with Crippen LogP contribution in [0.2, 0.25) is 0 Å². The molecule has 2 aliphatic rings. The Morgan fingerprint density at radius 2 is 2.50 bits per heavy atom. The first-order valence-corrected chi connectivity index (χ1v) is 6.51. The standard InChI is InChI=1S/C12H19NS/c1-3-8-14-12(2)9-10-6-4-5-7-11(10)13-12/h4-5,7,10,13H,3,6,8-9H2,1-2H3. The van der Waals surface area contributed by atoms with E-state index in [4.69, 9.17) is 0 Å². The fraction of sp³-hybridized carbons (Fsp3) is 0.667. The molecule has 14 heavy (non-hydrogen) atoms. The molecule has 2 rings (SSSR count). The van der Waals surface area contributed by atoms with Gasteiger partial charge >= 0.3 is 0 Å². The Bertz CT molecular complexity index is 269. The van der Waals surface area contributed by atoms with Crippen LogP contribution in [0.1, 0.15) is 33.1 Å². The third-order valence-corrected chi connectivity index (χ3v) is 4.46. The molecule has 2 unspecified atom stereocenters. The van der Waals surface area contributed by atoms with Crippen molar-refractivity contribution in [2.75, 3.05) is 5.75 Å². The lowest BCUT2D eigenvalue weighted by atomic mass is 9.96. The van der Waals surface area contributed by atoms with Crippen molar-refractivity contribution in [1.29, 1.82) is 0 Å². The molecular weight excluding hydrogens is 190 g/mol. The number of fused-ring (bicyclic) bond motifs is 1. The van der Waals surface area contributed by atoms with Crippen LogP contribution in [0.25, 0.3) is 0 Å². The van der Waals surface area contributed by atoms with Crippen molar-refractivity contribution in [3.63, 3.8) is 0 Å². The molecule has 1 saturated heterocycles. The number of hydrogen-bond acceptors (Lipinski definition) is 2. The zero-order valence-electron chi connectivity index (χ0n) is 9.05. The third kappa shape index (κ3) is 2.00. The van der Waals surface area contributed by atoms with Crippen LogP contribution >= 0.6 is 11.8 Å². The Morgan fingerprint density at radius 1 is 1.64 bits per heavy atom. The van der Waals surface area contributed by atoms with E-state index in [1.807, 2.05) is 0 Å². The summed E-state index contributed by atoms with van der Waals surface area (Å²) >= 11 is 2.07. The monoisotopic (exact) mass is 209 g/mol. The van der Waals surface area contributed by atoms with Gasteiger partial charge in [0.1, 0.15) is 0 Å². The van der Waals surface area contributed by atoms with E-state index in [1.165, 1.54) is 30.7 Å². The Kier molecular flexibility index (Phi) is 2.91. The molecule has 1 heterocycles. The second kappa shape index (κ2) is 4.01. The first-order chi connectivity index (χ1) is 6.73. The Hall–Kier alpha value is -0.370. The third-order valence-electron chi connectivity index (χ3n) is 2.94. The van der Waals surface area contributed by atoms with Crippen molar-refractivity contribution >= 4 is 11.8 Å². The topological polar surface area (TPSA) is 12.0 Å². The van der Waals surface area contributed by atoms with Crippen molar-refractivity contribution < 1.29 is 0 Å². The van der Waals surface area contributed by atoms with Crippen LogP contribution in [0.3, 0.4) is 0 Å². The van der Waals surface area contributed by atoms with Gasteiger partial charge in [-0.3, -0.25) is 0 Å². The molecule has 0 aromatic rings. The van der Waals surface area contributed by atoms with Crippen molar-refractivity contribution in [1.82, 2.24) is 5.32 Å². The minimum atomic E-state index is 0.290. The molecule has 0 amide bonds. The quantitative estimate of drug-likeness (QED) is 0.765. The average molecular weight is 209 g/mol. The molecule has 0 bridgehead atoms. The predicted octanol–water partition coefficient (Wildman–Crippen LogP) is 3.30. The largest absolute Gasteiger partial charge is 0.374 e. The zero-order chi connectivity index (χ0) is 10.0. The van der Waals surface area contributed by atoms with Crippen LogP contribution in [-0.4, -0.2) is 10.6 Å². The SMILES string of the molecule is CCCSC1(C)CC2CC=CC=C2N1. The lowest BCUT2D eigenvalue weighted by Gasteiger charge is -2.24. The number of rotatable bonds is 3. The molecule has 1 aliphatic carbocycles. The molecule has 1 N–H and O–H groups in total. The van der Waals surface area contributed by atoms with E-state index >= 15 is 0 Å². The van der Waals surface area contributed by atoms with Gasteiger partial charge in [-0.15, -0.1) is 11.8 Å². The second-order valence-electron chi connectivity index (χ2n) is 4.39. The fourth-order valence-corrected chi connectivity index (χ4v) is 3.43. The van der Waals surface area contributed by atoms with E-state index < -0.39 is 0 Å². The van der Waals surface area contributed by atoms with Gasteiger partial charge in [0, 0.05) is 11.6 Å². The highest BCUT2D eigenvalue weighted by Gasteiger charge is 2.37. The summed E-state index contributed by atoms with van der Waals surface area (Å²) in [4.78, 5) is 0.290. The number of allylic oxidation sites excluding steroid dienone is 4. The van der Waals surface area contributed by atoms with Gasteiger partial charge in [-0.05, 0) is 38.0 Å². The van der Waals surface area contributed by atoms with Crippen molar-refractivity contribution in [2.24, 2.45) is 5.92 Å². The van der Waals surface area contributed by atoms with E-state index in [2.05, 4.69) is 49.2 Å². The summed E-state index contributed by atoms with van der Waals surface area (Å²) in [5, 5.41) is 3.68. The average Bonchev–Trinajstić information content (AvgIpc) is 2.51. The van der Waals surface area contributed by atoms with Crippen LogP contribution in [0.5, 0.6) is 0 Å². The second-order valence-corrected chi connectivity index (χ2v) is 5.99. The minimum Gasteiger partial charge on any atom is -0.374 e. The molecular formula is C12H19NS. The summed E-state index contributed by atoms with van der Waals surface area (Å²) in [6.45, 7) is 4.59. The van der Waals surface area contributed by atoms with E-state index in [0.717, 1.165) is 5.92 Å². The molecule has 78 valence electrons. The van der Waals surface area contributed by atoms with Gasteiger partial charge in [0.15, 0.2) is 0 Å². The summed E-state index contributed by atoms with van der Waals surface area (Å²) in [5.41, 5.74) is 1.46. The first-order valence-electron chi connectivity index (χ1n) is 5.52. The number of thioether (sulfide) groups is 1. The van der Waals surface area contributed by atoms with Crippen LogP contribution in [-0.2, 0) is 0 Å². The predicted molar refractivity (Wildman–Crippen MR) is 64.2 cm³/mol. The molecule has 0 saturated carbocycles. The zero-order valence-corrected chi connectivity index (χ0v) is 9.86. The highest BCUT2D eigenvalue weighted by molar-refractivity contribution is 8.00. The van der Waals surface area contributed by atoms with E-state index in [9.17, 15) is 0 Å².